The van der Waals surface area contributed by atoms with E-state index in [2.05, 4.69) is 10.6 Å². The van der Waals surface area contributed by atoms with Crippen LogP contribution in [0.25, 0.3) is 11.1 Å². The minimum atomic E-state index is -1.92. The quantitative estimate of drug-likeness (QED) is 0.170. The first-order valence-corrected chi connectivity index (χ1v) is 14.8. The Hall–Kier alpha value is -4.57. The first-order chi connectivity index (χ1) is 21.3. The molecule has 1 aromatic carbocycles. The first-order valence-electron chi connectivity index (χ1n) is 13.6. The number of carbonyl (C=O) groups is 6. The number of esters is 5. The van der Waals surface area contributed by atoms with Gasteiger partial charge < -0.3 is 33.7 Å². The molecule has 14 nitrogen and oxygen atoms in total. The molecule has 3 atom stereocenters. The minimum Gasteiger partial charge on any atom is -0.494 e. The highest BCUT2D eigenvalue weighted by atomic mass is 32.1. The van der Waals surface area contributed by atoms with Crippen molar-refractivity contribution in [1.29, 1.82) is 0 Å². The van der Waals surface area contributed by atoms with Crippen molar-refractivity contribution in [3.05, 3.63) is 35.2 Å². The highest BCUT2D eigenvalue weighted by Gasteiger charge is 2.42. The van der Waals surface area contributed by atoms with Crippen LogP contribution in [0.5, 0.6) is 5.75 Å². The monoisotopic (exact) mass is 666 g/mol. The number of thiocarbonyl (C=S) groups is 1. The molecule has 0 spiro atoms. The maximum Gasteiger partial charge on any atom is 0.341 e. The summed E-state index contributed by atoms with van der Waals surface area (Å²) >= 11 is 6.42. The largest absolute Gasteiger partial charge is 0.494 e. The van der Waals surface area contributed by atoms with Crippen molar-refractivity contribution in [3.63, 3.8) is 0 Å². The summed E-state index contributed by atoms with van der Waals surface area (Å²) in [5, 5.41) is 6.72. The Labute approximate surface area is 268 Å². The zero-order chi connectivity index (χ0) is 33.7. The summed E-state index contributed by atoms with van der Waals surface area (Å²) < 4.78 is 31.1. The molecule has 1 amide bonds. The van der Waals surface area contributed by atoms with E-state index in [1.807, 2.05) is 6.92 Å². The van der Waals surface area contributed by atoms with E-state index in [-0.39, 0.29) is 22.3 Å². The van der Waals surface area contributed by atoms with E-state index in [0.29, 0.717) is 23.5 Å². The molecule has 0 aliphatic rings. The summed E-state index contributed by atoms with van der Waals surface area (Å²) in [5.74, 6) is -4.60. The van der Waals surface area contributed by atoms with Gasteiger partial charge in [-0.2, -0.15) is 0 Å². The zero-order valence-corrected chi connectivity index (χ0v) is 27.1. The molecule has 0 fully saturated rings. The van der Waals surface area contributed by atoms with Gasteiger partial charge in [-0.05, 0) is 43.8 Å². The average molecular weight is 667 g/mol. The Morgan fingerprint density at radius 3 is 1.98 bits per heavy atom. The second-order valence-electron chi connectivity index (χ2n) is 9.03. The lowest BCUT2D eigenvalue weighted by atomic mass is 10.0. The summed E-state index contributed by atoms with van der Waals surface area (Å²) in [4.78, 5) is 73.5. The lowest BCUT2D eigenvalue weighted by Gasteiger charge is -2.30. The van der Waals surface area contributed by atoms with E-state index in [1.54, 1.807) is 36.6 Å². The van der Waals surface area contributed by atoms with Crippen LogP contribution in [0.3, 0.4) is 0 Å². The van der Waals surface area contributed by atoms with Gasteiger partial charge in [0.1, 0.15) is 22.9 Å². The molecule has 0 saturated heterocycles. The van der Waals surface area contributed by atoms with Gasteiger partial charge >= 0.3 is 29.8 Å². The van der Waals surface area contributed by atoms with Crippen molar-refractivity contribution in [3.8, 4) is 16.9 Å². The molecular formula is C29H34N2O12S2. The predicted molar refractivity (Wildman–Crippen MR) is 165 cm³/mol. The second kappa shape index (κ2) is 17.7. The highest BCUT2D eigenvalue weighted by Crippen LogP contribution is 2.37. The predicted octanol–water partition coefficient (Wildman–Crippen LogP) is 3.16. The summed E-state index contributed by atoms with van der Waals surface area (Å²) in [6.45, 7) is 7.58. The average Bonchev–Trinajstić information content (AvgIpc) is 3.36. The number of thiophene rings is 1. The van der Waals surface area contributed by atoms with E-state index < -0.39 is 60.7 Å². The highest BCUT2D eigenvalue weighted by molar-refractivity contribution is 7.80. The van der Waals surface area contributed by atoms with Gasteiger partial charge in [0, 0.05) is 38.6 Å². The molecular weight excluding hydrogens is 632 g/mol. The molecule has 16 heteroatoms. The van der Waals surface area contributed by atoms with E-state index in [4.69, 9.17) is 40.6 Å². The van der Waals surface area contributed by atoms with Crippen LogP contribution in [0.4, 0.5) is 5.00 Å². The van der Waals surface area contributed by atoms with Gasteiger partial charge in [-0.3, -0.25) is 29.3 Å². The maximum atomic E-state index is 13.4. The van der Waals surface area contributed by atoms with Crippen molar-refractivity contribution in [1.82, 2.24) is 5.32 Å². The molecule has 3 unspecified atom stereocenters. The molecule has 0 saturated carbocycles. The van der Waals surface area contributed by atoms with Crippen LogP contribution >= 0.6 is 23.6 Å². The van der Waals surface area contributed by atoms with Crippen LogP contribution < -0.4 is 15.4 Å². The third-order valence-electron chi connectivity index (χ3n) is 5.50. The molecule has 1 aromatic heterocycles. The topological polar surface area (TPSA) is 182 Å². The molecule has 0 aliphatic heterocycles. The minimum absolute atomic E-state index is 0.0937. The number of carbonyl (C=O) groups excluding carboxylic acids is 6. The van der Waals surface area contributed by atoms with Gasteiger partial charge in [-0.25, -0.2) is 4.79 Å². The molecule has 45 heavy (non-hydrogen) atoms. The van der Waals surface area contributed by atoms with Gasteiger partial charge in [0.25, 0.3) is 5.91 Å². The smallest absolute Gasteiger partial charge is 0.341 e. The SMILES string of the molecule is CCOC(=O)c1c(-c2ccc(OCC)cc2)csc1NC(=S)NC(=O)C(OC(C)=O)C(OC(C)=O)C(COC(C)=O)OC(C)=O. The Morgan fingerprint density at radius 2 is 1.44 bits per heavy atom. The molecule has 0 aliphatic carbocycles. The Bertz CT molecular complexity index is 1410. The lowest BCUT2D eigenvalue weighted by molar-refractivity contribution is -0.190. The summed E-state index contributed by atoms with van der Waals surface area (Å²) in [6.07, 6.45) is -5.21. The summed E-state index contributed by atoms with van der Waals surface area (Å²) in [5.41, 5.74) is 1.36. The zero-order valence-electron chi connectivity index (χ0n) is 25.5. The van der Waals surface area contributed by atoms with Crippen molar-refractivity contribution in [2.24, 2.45) is 0 Å². The fourth-order valence-electron chi connectivity index (χ4n) is 3.86. The number of nitrogens with one attached hydrogen (secondary N) is 2. The van der Waals surface area contributed by atoms with Crippen LogP contribution in [-0.4, -0.2) is 79.0 Å². The normalized spacial score (nSPS) is 12.4. The van der Waals surface area contributed by atoms with E-state index in [9.17, 15) is 28.8 Å². The van der Waals surface area contributed by atoms with Crippen molar-refractivity contribution in [2.45, 2.75) is 59.9 Å². The number of rotatable bonds is 14. The van der Waals surface area contributed by atoms with Crippen LogP contribution in [0.15, 0.2) is 29.6 Å². The Kier molecular flexibility index (Phi) is 14.4. The van der Waals surface area contributed by atoms with Crippen LogP contribution in [0.2, 0.25) is 0 Å². The molecule has 0 radical (unpaired) electrons. The van der Waals surface area contributed by atoms with Crippen LogP contribution in [-0.2, 0) is 47.7 Å². The van der Waals surface area contributed by atoms with E-state index in [0.717, 1.165) is 39.0 Å². The molecule has 2 N–H and O–H groups in total. The maximum absolute atomic E-state index is 13.4. The van der Waals surface area contributed by atoms with Crippen LogP contribution in [0, 0.1) is 0 Å². The van der Waals surface area contributed by atoms with Gasteiger partial charge in [-0.15, -0.1) is 11.3 Å². The van der Waals surface area contributed by atoms with Crippen molar-refractivity contribution in [2.75, 3.05) is 25.1 Å². The molecule has 244 valence electrons. The Morgan fingerprint density at radius 1 is 0.822 bits per heavy atom. The number of amides is 1. The standard InChI is InChI=1S/C29H34N2O12S2/c1-7-38-20-11-9-19(10-12-20)21-14-45-27(23(21)28(37)39-8-2)31-29(44)30-26(36)25(43-18(6)35)24(42-17(5)34)22(41-16(4)33)13-40-15(3)32/h9-12,14,22,24-25H,7-8,13H2,1-6H3,(H2,30,31,36,44). The number of benzene rings is 1. The third kappa shape index (κ3) is 11.5. The van der Waals surface area contributed by atoms with Gasteiger partial charge in [0.2, 0.25) is 6.10 Å². The fraction of sp³-hybridized carbons (Fsp3) is 0.414. The van der Waals surface area contributed by atoms with Gasteiger partial charge in [-0.1, -0.05) is 12.1 Å². The first kappa shape index (κ1) is 36.6. The van der Waals surface area contributed by atoms with Gasteiger partial charge in [0.05, 0.1) is 13.2 Å². The Balaban J connectivity index is 2.40. The molecule has 0 bridgehead atoms. The second-order valence-corrected chi connectivity index (χ2v) is 10.3. The van der Waals surface area contributed by atoms with Crippen molar-refractivity contribution >= 4 is 69.4 Å². The summed E-state index contributed by atoms with van der Waals surface area (Å²) in [6, 6.07) is 7.05. The molecule has 2 aromatic rings. The molecule has 1 heterocycles. The molecule has 2 rings (SSSR count). The number of anilines is 1. The lowest BCUT2D eigenvalue weighted by Crippen LogP contribution is -2.55. The van der Waals surface area contributed by atoms with Crippen LogP contribution in [0.1, 0.15) is 51.9 Å². The number of ether oxygens (including phenoxy) is 6. The van der Waals surface area contributed by atoms with E-state index >= 15 is 0 Å². The fourth-order valence-corrected chi connectivity index (χ4v) is 5.09. The number of hydrogen-bond acceptors (Lipinski definition) is 14. The summed E-state index contributed by atoms with van der Waals surface area (Å²) in [7, 11) is 0. The number of hydrogen-bond donors (Lipinski definition) is 2. The van der Waals surface area contributed by atoms with Gasteiger partial charge in [0.15, 0.2) is 17.3 Å². The van der Waals surface area contributed by atoms with E-state index in [1.165, 1.54) is 0 Å². The third-order valence-corrected chi connectivity index (χ3v) is 6.60. The van der Waals surface area contributed by atoms with Crippen molar-refractivity contribution < 1.29 is 57.2 Å².